The topological polar surface area (TPSA) is 42.0 Å². The van der Waals surface area contributed by atoms with E-state index in [0.29, 0.717) is 27.0 Å². The Labute approximate surface area is 193 Å². The molecule has 0 radical (unpaired) electrons. The number of anilines is 1. The number of aryl methyl sites for hydroxylation is 1. The zero-order valence-electron chi connectivity index (χ0n) is 16.3. The third kappa shape index (κ3) is 3.95. The van der Waals surface area contributed by atoms with Gasteiger partial charge in [0.25, 0.3) is 5.91 Å². The van der Waals surface area contributed by atoms with Crippen LogP contribution in [0, 0.1) is 13.8 Å². The van der Waals surface area contributed by atoms with Gasteiger partial charge in [-0.05, 0) is 77.3 Å². The summed E-state index contributed by atoms with van der Waals surface area (Å²) in [5, 5.41) is 4.84. The first-order valence-electron chi connectivity index (χ1n) is 9.27. The maximum Gasteiger partial charge on any atom is 0.256 e. The number of amides is 1. The van der Waals surface area contributed by atoms with E-state index in [1.807, 2.05) is 62.4 Å². The third-order valence-corrected chi connectivity index (χ3v) is 6.13. The number of hydrogen-bond acceptors (Lipinski definition) is 2. The van der Waals surface area contributed by atoms with Crippen LogP contribution in [0.5, 0.6) is 0 Å². The molecule has 0 unspecified atom stereocenters. The van der Waals surface area contributed by atoms with E-state index in [9.17, 15) is 4.79 Å². The fraction of sp³-hybridized carbons (Fsp3) is 0.0833. The smallest absolute Gasteiger partial charge is 0.256 e. The molecule has 0 aliphatic carbocycles. The van der Waals surface area contributed by atoms with Gasteiger partial charge in [0.1, 0.15) is 0 Å². The van der Waals surface area contributed by atoms with Gasteiger partial charge in [-0.25, -0.2) is 4.98 Å². The number of halogens is 3. The fourth-order valence-electron chi connectivity index (χ4n) is 3.45. The number of rotatable bonds is 3. The van der Waals surface area contributed by atoms with Crippen LogP contribution >= 0.6 is 39.1 Å². The molecule has 0 saturated heterocycles. The van der Waals surface area contributed by atoms with Crippen LogP contribution in [0.3, 0.4) is 0 Å². The second-order valence-electron chi connectivity index (χ2n) is 7.04. The summed E-state index contributed by atoms with van der Waals surface area (Å²) in [5.41, 5.74) is 5.23. The van der Waals surface area contributed by atoms with Gasteiger partial charge >= 0.3 is 0 Å². The number of aromatic nitrogens is 1. The quantitative estimate of drug-likeness (QED) is 0.312. The minimum atomic E-state index is -0.206. The average Bonchev–Trinajstić information content (AvgIpc) is 2.70. The Hall–Kier alpha value is -2.40. The van der Waals surface area contributed by atoms with Crippen LogP contribution in [0.4, 0.5) is 5.69 Å². The van der Waals surface area contributed by atoms with E-state index >= 15 is 0 Å². The summed E-state index contributed by atoms with van der Waals surface area (Å²) in [7, 11) is 0. The zero-order chi connectivity index (χ0) is 21.4. The summed E-state index contributed by atoms with van der Waals surface area (Å²) >= 11 is 16.0. The summed E-state index contributed by atoms with van der Waals surface area (Å²) in [4.78, 5) is 18.2. The number of fused-ring (bicyclic) bond motifs is 1. The number of benzene rings is 3. The number of carbonyl (C=O) groups is 1. The van der Waals surface area contributed by atoms with Crippen LogP contribution in [-0.2, 0) is 0 Å². The van der Waals surface area contributed by atoms with Crippen molar-refractivity contribution in [1.82, 2.24) is 4.98 Å². The minimum absolute atomic E-state index is 0.206. The molecule has 3 nitrogen and oxygen atoms in total. The SMILES string of the molecule is Cc1ccc(NC(=O)c2c(C)c(-c3ccc(Cl)cc3Cl)nc3ccccc23)c(Br)c1. The Morgan fingerprint density at radius 2 is 1.77 bits per heavy atom. The van der Waals surface area contributed by atoms with Crippen molar-refractivity contribution in [3.05, 3.63) is 91.9 Å². The van der Waals surface area contributed by atoms with E-state index in [1.54, 1.807) is 12.1 Å². The van der Waals surface area contributed by atoms with Crippen molar-refractivity contribution in [2.45, 2.75) is 13.8 Å². The number of para-hydroxylation sites is 1. The summed E-state index contributed by atoms with van der Waals surface area (Å²) in [6, 6.07) is 18.7. The molecule has 0 spiro atoms. The first-order chi connectivity index (χ1) is 14.3. The second kappa shape index (κ2) is 8.38. The molecule has 1 heterocycles. The highest BCUT2D eigenvalue weighted by Crippen LogP contribution is 2.35. The number of pyridine rings is 1. The molecule has 4 rings (SSSR count). The maximum absolute atomic E-state index is 13.4. The predicted octanol–water partition coefficient (Wildman–Crippen LogP) is 7.84. The Morgan fingerprint density at radius 1 is 1.00 bits per heavy atom. The molecule has 1 aromatic heterocycles. The number of hydrogen-bond donors (Lipinski definition) is 1. The Morgan fingerprint density at radius 3 is 2.50 bits per heavy atom. The standard InChI is InChI=1S/C24H17BrCl2N2O/c1-13-7-10-21(18(25)11-13)29-24(30)22-14(2)23(16-9-8-15(26)12-19(16)27)28-20-6-4-3-5-17(20)22/h3-12H,1-2H3,(H,29,30). The van der Waals surface area contributed by atoms with E-state index in [1.165, 1.54) is 0 Å². The lowest BCUT2D eigenvalue weighted by molar-refractivity contribution is 0.102. The summed E-state index contributed by atoms with van der Waals surface area (Å²) in [6.45, 7) is 3.89. The van der Waals surface area contributed by atoms with Gasteiger partial charge in [-0.15, -0.1) is 0 Å². The highest BCUT2D eigenvalue weighted by Gasteiger charge is 2.20. The Balaban J connectivity index is 1.90. The van der Waals surface area contributed by atoms with E-state index in [2.05, 4.69) is 21.2 Å². The van der Waals surface area contributed by atoms with Gasteiger partial charge < -0.3 is 5.32 Å². The highest BCUT2D eigenvalue weighted by atomic mass is 79.9. The molecular weight excluding hydrogens is 483 g/mol. The molecule has 0 atom stereocenters. The zero-order valence-corrected chi connectivity index (χ0v) is 19.4. The second-order valence-corrected chi connectivity index (χ2v) is 8.74. The first kappa shape index (κ1) is 20.9. The average molecular weight is 500 g/mol. The van der Waals surface area contributed by atoms with E-state index in [0.717, 1.165) is 32.1 Å². The first-order valence-corrected chi connectivity index (χ1v) is 10.8. The molecule has 150 valence electrons. The van der Waals surface area contributed by atoms with E-state index in [-0.39, 0.29) is 5.91 Å². The molecule has 30 heavy (non-hydrogen) atoms. The van der Waals surface area contributed by atoms with Crippen molar-refractivity contribution in [1.29, 1.82) is 0 Å². The molecule has 6 heteroatoms. The molecule has 1 amide bonds. The summed E-state index contributed by atoms with van der Waals surface area (Å²) in [6.07, 6.45) is 0. The van der Waals surface area contributed by atoms with Gasteiger partial charge in [0, 0.05) is 20.4 Å². The van der Waals surface area contributed by atoms with Gasteiger partial charge in [0.05, 0.1) is 27.5 Å². The minimum Gasteiger partial charge on any atom is -0.321 e. The van der Waals surface area contributed by atoms with Crippen molar-refractivity contribution in [3.8, 4) is 11.3 Å². The third-order valence-electron chi connectivity index (χ3n) is 4.92. The van der Waals surface area contributed by atoms with Crippen molar-refractivity contribution in [2.24, 2.45) is 0 Å². The normalized spacial score (nSPS) is 11.0. The van der Waals surface area contributed by atoms with Crippen LogP contribution in [-0.4, -0.2) is 10.9 Å². The lowest BCUT2D eigenvalue weighted by Crippen LogP contribution is -2.15. The fourth-order valence-corrected chi connectivity index (χ4v) is 4.54. The lowest BCUT2D eigenvalue weighted by Gasteiger charge is -2.16. The van der Waals surface area contributed by atoms with Crippen molar-refractivity contribution in [2.75, 3.05) is 5.32 Å². The van der Waals surface area contributed by atoms with Crippen molar-refractivity contribution in [3.63, 3.8) is 0 Å². The molecule has 0 aliphatic rings. The van der Waals surface area contributed by atoms with Gasteiger partial charge in [0.15, 0.2) is 0 Å². The molecule has 0 aliphatic heterocycles. The van der Waals surface area contributed by atoms with Crippen LogP contribution in [0.15, 0.2) is 65.1 Å². The van der Waals surface area contributed by atoms with Gasteiger partial charge in [-0.3, -0.25) is 4.79 Å². The van der Waals surface area contributed by atoms with Gasteiger partial charge in [-0.1, -0.05) is 47.5 Å². The summed E-state index contributed by atoms with van der Waals surface area (Å²) < 4.78 is 0.827. The molecule has 0 bridgehead atoms. The molecule has 3 aromatic carbocycles. The van der Waals surface area contributed by atoms with Crippen LogP contribution in [0.1, 0.15) is 21.5 Å². The van der Waals surface area contributed by atoms with E-state index < -0.39 is 0 Å². The van der Waals surface area contributed by atoms with E-state index in [4.69, 9.17) is 28.2 Å². The molecule has 0 saturated carbocycles. The Bertz CT molecular complexity index is 1300. The van der Waals surface area contributed by atoms with Crippen molar-refractivity contribution < 1.29 is 4.79 Å². The maximum atomic E-state index is 13.4. The van der Waals surface area contributed by atoms with Crippen LogP contribution < -0.4 is 5.32 Å². The number of carbonyl (C=O) groups excluding carboxylic acids is 1. The number of nitrogens with one attached hydrogen (secondary N) is 1. The lowest BCUT2D eigenvalue weighted by atomic mass is 9.97. The molecule has 4 aromatic rings. The largest absolute Gasteiger partial charge is 0.321 e. The Kier molecular flexibility index (Phi) is 5.83. The monoisotopic (exact) mass is 498 g/mol. The molecule has 1 N–H and O–H groups in total. The van der Waals surface area contributed by atoms with Crippen LogP contribution in [0.25, 0.3) is 22.2 Å². The summed E-state index contributed by atoms with van der Waals surface area (Å²) in [5.74, 6) is -0.206. The molecule has 0 fully saturated rings. The van der Waals surface area contributed by atoms with Crippen LogP contribution in [0.2, 0.25) is 10.0 Å². The predicted molar refractivity (Wildman–Crippen MR) is 129 cm³/mol. The van der Waals surface area contributed by atoms with Crippen molar-refractivity contribution >= 4 is 61.6 Å². The van der Waals surface area contributed by atoms with Gasteiger partial charge in [-0.2, -0.15) is 0 Å². The van der Waals surface area contributed by atoms with Gasteiger partial charge in [0.2, 0.25) is 0 Å². The number of nitrogens with zero attached hydrogens (tertiary/aromatic N) is 1. The molecular formula is C24H17BrCl2N2O. The highest BCUT2D eigenvalue weighted by molar-refractivity contribution is 9.10.